The summed E-state index contributed by atoms with van der Waals surface area (Å²) in [6, 6.07) is 2.15. The molecule has 7 atom stereocenters. The van der Waals surface area contributed by atoms with Crippen LogP contribution in [0.1, 0.15) is 99.3 Å². The van der Waals surface area contributed by atoms with Gasteiger partial charge in [0.1, 0.15) is 6.07 Å². The van der Waals surface area contributed by atoms with Gasteiger partial charge in [0, 0.05) is 29.2 Å². The zero-order valence-electron chi connectivity index (χ0n) is 25.1. The Bertz CT molecular complexity index is 1480. The highest BCUT2D eigenvalue weighted by Gasteiger charge is 2.71. The maximum atomic E-state index is 14.5. The van der Waals surface area contributed by atoms with Crippen LogP contribution in [-0.4, -0.2) is 31.4 Å². The van der Waals surface area contributed by atoms with Crippen LogP contribution in [0.4, 0.5) is 0 Å². The van der Waals surface area contributed by atoms with Gasteiger partial charge in [-0.15, -0.1) is 0 Å². The number of Topliss-reactive ketones (excluding diaryl/α,β-unsaturated/α-hetero) is 1. The molecule has 1 unspecified atom stereocenters. The van der Waals surface area contributed by atoms with Crippen LogP contribution in [0.25, 0.3) is 0 Å². The number of hydrogen-bond acceptors (Lipinski definition) is 6. The summed E-state index contributed by atoms with van der Waals surface area (Å²) in [5, 5.41) is 9.90. The highest BCUT2D eigenvalue weighted by atomic mass is 32.2. The van der Waals surface area contributed by atoms with Crippen LogP contribution in [0.5, 0.6) is 0 Å². The average Bonchev–Trinajstić information content (AvgIpc) is 3.62. The second-order valence-electron chi connectivity index (χ2n) is 15.5. The molecule has 0 bridgehead atoms. The van der Waals surface area contributed by atoms with E-state index in [-0.39, 0.29) is 45.7 Å². The molecule has 6 aliphatic carbocycles. The first-order valence-corrected chi connectivity index (χ1v) is 16.6. The second-order valence-corrected chi connectivity index (χ2v) is 16.9. The molecule has 6 rings (SSSR count). The third-order valence-electron chi connectivity index (χ3n) is 13.2. The fourth-order valence-corrected chi connectivity index (χ4v) is 12.0. The van der Waals surface area contributed by atoms with Crippen LogP contribution >= 0.6 is 0 Å². The van der Waals surface area contributed by atoms with E-state index in [1.54, 1.807) is 0 Å². The minimum Gasteiger partial charge on any atom is -0.295 e. The molecule has 0 aromatic carbocycles. The van der Waals surface area contributed by atoms with Crippen LogP contribution < -0.4 is 9.44 Å². The molecule has 41 heavy (non-hydrogen) atoms. The zero-order valence-corrected chi connectivity index (χ0v) is 26.0. The van der Waals surface area contributed by atoms with Gasteiger partial charge in [0.15, 0.2) is 11.6 Å². The van der Waals surface area contributed by atoms with Crippen molar-refractivity contribution in [3.8, 4) is 6.07 Å². The highest BCUT2D eigenvalue weighted by molar-refractivity contribution is 7.88. The number of hydrogen-bond donors (Lipinski definition) is 2. The summed E-state index contributed by atoms with van der Waals surface area (Å²) >= 11 is 0. The van der Waals surface area contributed by atoms with Gasteiger partial charge in [0.25, 0.3) is 0 Å². The predicted octanol–water partition coefficient (Wildman–Crippen LogP) is 4.68. The molecule has 0 aromatic heterocycles. The fourth-order valence-electron chi connectivity index (χ4n) is 10.7. The third kappa shape index (κ3) is 3.78. The van der Waals surface area contributed by atoms with Crippen LogP contribution in [0.3, 0.4) is 0 Å². The summed E-state index contributed by atoms with van der Waals surface area (Å²) < 4.78 is 31.2. The normalized spacial score (nSPS) is 43.8. The molecule has 0 aromatic rings. The van der Waals surface area contributed by atoms with Gasteiger partial charge in [0.05, 0.1) is 5.57 Å². The number of carbonyl (C=O) groups excluding carboxylic acids is 3. The first-order chi connectivity index (χ1) is 18.9. The van der Waals surface area contributed by atoms with E-state index in [1.807, 2.05) is 26.0 Å². The maximum Gasteiger partial charge on any atom is 0.301 e. The SMILES string of the molecule is CC(=O)NS(=O)(=O)N[C@]12CCC3(CC3)CC1[C@H]1C(=O)C=C3[C@@]4(C)C=C(C#N)C(=O)C(C)(C)[C@@H]4CC[C@@]3(C)[C@]1(C)CC2. The Morgan fingerprint density at radius 3 is 2.24 bits per heavy atom. The lowest BCUT2D eigenvalue weighted by molar-refractivity contribution is -0.158. The zero-order chi connectivity index (χ0) is 30.0. The average molecular weight is 582 g/mol. The molecule has 2 N–H and O–H groups in total. The number of rotatable bonds is 3. The van der Waals surface area contributed by atoms with Crippen molar-refractivity contribution in [2.24, 2.45) is 44.8 Å². The van der Waals surface area contributed by atoms with Gasteiger partial charge in [-0.1, -0.05) is 46.3 Å². The third-order valence-corrected chi connectivity index (χ3v) is 14.4. The molecule has 6 aliphatic rings. The summed E-state index contributed by atoms with van der Waals surface area (Å²) in [5.41, 5.74) is -1.51. The number of nitriles is 1. The minimum absolute atomic E-state index is 0.0246. The van der Waals surface area contributed by atoms with Crippen molar-refractivity contribution in [3.05, 3.63) is 23.3 Å². The lowest BCUT2D eigenvalue weighted by Crippen LogP contribution is -2.70. The van der Waals surface area contributed by atoms with Crippen molar-refractivity contribution in [2.75, 3.05) is 0 Å². The molecule has 1 spiro atoms. The number of allylic oxidation sites excluding steroid dienone is 4. The molecule has 4 saturated carbocycles. The first kappa shape index (κ1) is 28.8. The van der Waals surface area contributed by atoms with Crippen molar-refractivity contribution in [2.45, 2.75) is 105 Å². The van der Waals surface area contributed by atoms with E-state index in [1.165, 1.54) is 6.92 Å². The number of nitrogens with zero attached hydrogens (tertiary/aromatic N) is 1. The quantitative estimate of drug-likeness (QED) is 0.497. The molecule has 222 valence electrons. The Kier molecular flexibility index (Phi) is 5.90. The van der Waals surface area contributed by atoms with E-state index in [4.69, 9.17) is 0 Å². The Labute approximate surface area is 244 Å². The van der Waals surface area contributed by atoms with E-state index >= 15 is 0 Å². The molecular weight excluding hydrogens is 538 g/mol. The molecule has 8 nitrogen and oxygen atoms in total. The lowest BCUT2D eigenvalue weighted by atomic mass is 9.35. The topological polar surface area (TPSA) is 133 Å². The van der Waals surface area contributed by atoms with Crippen LogP contribution in [-0.2, 0) is 24.6 Å². The van der Waals surface area contributed by atoms with Crippen molar-refractivity contribution in [1.82, 2.24) is 9.44 Å². The Morgan fingerprint density at radius 1 is 1.00 bits per heavy atom. The van der Waals surface area contributed by atoms with Gasteiger partial charge in [-0.25, -0.2) is 4.72 Å². The van der Waals surface area contributed by atoms with Crippen LogP contribution in [0.2, 0.25) is 0 Å². The molecule has 4 fully saturated rings. The number of carbonyl (C=O) groups is 3. The van der Waals surface area contributed by atoms with Gasteiger partial charge >= 0.3 is 10.2 Å². The van der Waals surface area contributed by atoms with E-state index < -0.39 is 37.9 Å². The summed E-state index contributed by atoms with van der Waals surface area (Å²) in [5.74, 6) is -1.29. The molecule has 0 radical (unpaired) electrons. The Morgan fingerprint density at radius 2 is 1.63 bits per heavy atom. The number of fused-ring (bicyclic) bond motifs is 7. The van der Waals surface area contributed by atoms with Crippen LogP contribution in [0, 0.1) is 56.2 Å². The fraction of sp³-hybridized carbons (Fsp3) is 0.750. The summed E-state index contributed by atoms with van der Waals surface area (Å²) in [7, 11) is -4.09. The largest absolute Gasteiger partial charge is 0.301 e. The van der Waals surface area contributed by atoms with E-state index in [0.717, 1.165) is 44.1 Å². The molecule has 1 amide bonds. The van der Waals surface area contributed by atoms with Crippen molar-refractivity contribution < 1.29 is 22.8 Å². The summed E-state index contributed by atoms with van der Waals surface area (Å²) in [6.45, 7) is 11.7. The minimum atomic E-state index is -4.09. The summed E-state index contributed by atoms with van der Waals surface area (Å²) in [4.78, 5) is 39.5. The molecular formula is C32H43N3O5S. The number of ketones is 2. The number of amides is 1. The maximum absolute atomic E-state index is 14.5. The van der Waals surface area contributed by atoms with E-state index in [9.17, 15) is 28.1 Å². The van der Waals surface area contributed by atoms with Gasteiger partial charge in [-0.05, 0) is 91.9 Å². The van der Waals surface area contributed by atoms with Gasteiger partial charge in [0.2, 0.25) is 5.91 Å². The molecule has 0 heterocycles. The van der Waals surface area contributed by atoms with Crippen molar-refractivity contribution in [3.63, 3.8) is 0 Å². The van der Waals surface area contributed by atoms with Crippen LogP contribution in [0.15, 0.2) is 23.3 Å². The standard InChI is InChI=1S/C32H43N3O5S/c1-19(36)34-41(39,40)35-32-13-9-30(6)25(21(32)17-31(10-11-31)12-14-32)22(37)15-24-28(4)16-20(18-33)26(38)27(2,3)23(28)7-8-29(24,30)5/h15-16,21,23,25,35H,7-14,17H2,1-6H3,(H,34,36)/t21?,23-,25-,28-,29+,30+,32+/m0/s1. The van der Waals surface area contributed by atoms with Gasteiger partial charge < -0.3 is 0 Å². The summed E-state index contributed by atoms with van der Waals surface area (Å²) in [6.07, 6.45) is 11.2. The Balaban J connectivity index is 1.48. The second kappa shape index (κ2) is 8.41. The smallest absolute Gasteiger partial charge is 0.295 e. The Hall–Kier alpha value is -2.31. The first-order valence-electron chi connectivity index (χ1n) is 15.2. The van der Waals surface area contributed by atoms with E-state index in [0.29, 0.717) is 19.3 Å². The molecule has 0 aliphatic heterocycles. The van der Waals surface area contributed by atoms with Gasteiger partial charge in [-0.3, -0.25) is 14.4 Å². The monoisotopic (exact) mass is 581 g/mol. The van der Waals surface area contributed by atoms with Crippen molar-refractivity contribution >= 4 is 27.7 Å². The number of nitrogens with one attached hydrogen (secondary N) is 2. The lowest BCUT2D eigenvalue weighted by Gasteiger charge is -2.69. The van der Waals surface area contributed by atoms with Gasteiger partial charge in [-0.2, -0.15) is 18.4 Å². The van der Waals surface area contributed by atoms with E-state index in [2.05, 4.69) is 36.3 Å². The molecule has 9 heteroatoms. The highest BCUT2D eigenvalue weighted by Crippen LogP contribution is 2.74. The van der Waals surface area contributed by atoms with Crippen molar-refractivity contribution in [1.29, 1.82) is 5.26 Å². The molecule has 0 saturated heterocycles. The predicted molar refractivity (Wildman–Crippen MR) is 153 cm³/mol.